The number of amides is 1. The van der Waals surface area contributed by atoms with Gasteiger partial charge in [0.15, 0.2) is 0 Å². The van der Waals surface area contributed by atoms with Gasteiger partial charge in [0.25, 0.3) is 0 Å². The fraction of sp³-hybridized carbons (Fsp3) is 0.304. The maximum atomic E-state index is 12.3. The zero-order chi connectivity index (χ0) is 20.6. The third-order valence-corrected chi connectivity index (χ3v) is 5.01. The summed E-state index contributed by atoms with van der Waals surface area (Å²) in [5.74, 6) is 1.54. The summed E-state index contributed by atoms with van der Waals surface area (Å²) in [6.45, 7) is 6.83. The fourth-order valence-corrected chi connectivity index (χ4v) is 3.42. The summed E-state index contributed by atoms with van der Waals surface area (Å²) in [6, 6.07) is 15.7. The van der Waals surface area contributed by atoms with Crippen molar-refractivity contribution in [2.75, 3.05) is 0 Å². The van der Waals surface area contributed by atoms with Crippen molar-refractivity contribution < 1.29 is 14.3 Å². The van der Waals surface area contributed by atoms with Crippen LogP contribution in [0.5, 0.6) is 11.5 Å². The molecule has 29 heavy (non-hydrogen) atoms. The van der Waals surface area contributed by atoms with Gasteiger partial charge in [-0.2, -0.15) is 0 Å². The number of hydrogen-bond acceptors (Lipinski definition) is 5. The lowest BCUT2D eigenvalue weighted by molar-refractivity contribution is -0.120. The molecule has 6 heteroatoms. The second-order valence-corrected chi connectivity index (χ2v) is 8.00. The van der Waals surface area contributed by atoms with Crippen molar-refractivity contribution in [3.8, 4) is 11.5 Å². The Balaban J connectivity index is 1.48. The van der Waals surface area contributed by atoms with Crippen LogP contribution in [0.3, 0.4) is 0 Å². The monoisotopic (exact) mass is 410 g/mol. The van der Waals surface area contributed by atoms with E-state index in [0.29, 0.717) is 13.2 Å². The summed E-state index contributed by atoms with van der Waals surface area (Å²) in [5.41, 5.74) is 2.90. The zero-order valence-corrected chi connectivity index (χ0v) is 17.8. The van der Waals surface area contributed by atoms with Crippen molar-refractivity contribution in [3.05, 3.63) is 75.7 Å². The Morgan fingerprint density at radius 1 is 1.14 bits per heavy atom. The Labute approximate surface area is 175 Å². The fourth-order valence-electron chi connectivity index (χ4n) is 2.72. The van der Waals surface area contributed by atoms with Crippen LogP contribution in [-0.2, 0) is 24.4 Å². The largest absolute Gasteiger partial charge is 0.491 e. The van der Waals surface area contributed by atoms with E-state index in [9.17, 15) is 4.79 Å². The first-order chi connectivity index (χ1) is 14.0. The third kappa shape index (κ3) is 6.61. The van der Waals surface area contributed by atoms with Crippen molar-refractivity contribution in [3.63, 3.8) is 0 Å². The minimum absolute atomic E-state index is 0.0688. The maximum Gasteiger partial charge on any atom is 0.226 e. The molecule has 0 spiro atoms. The molecule has 3 aromatic rings. The van der Waals surface area contributed by atoms with Crippen LogP contribution in [0.1, 0.15) is 35.7 Å². The summed E-state index contributed by atoms with van der Waals surface area (Å²) in [7, 11) is 0. The van der Waals surface area contributed by atoms with Crippen LogP contribution in [0, 0.1) is 6.92 Å². The molecule has 0 radical (unpaired) electrons. The summed E-state index contributed by atoms with van der Waals surface area (Å²) >= 11 is 1.50. The van der Waals surface area contributed by atoms with Gasteiger partial charge in [-0.25, -0.2) is 4.98 Å². The summed E-state index contributed by atoms with van der Waals surface area (Å²) in [4.78, 5) is 16.8. The van der Waals surface area contributed by atoms with Gasteiger partial charge in [-0.3, -0.25) is 4.79 Å². The van der Waals surface area contributed by atoms with E-state index in [-0.39, 0.29) is 18.4 Å². The van der Waals surface area contributed by atoms with Crippen LogP contribution >= 0.6 is 11.3 Å². The number of para-hydroxylation sites is 1. The van der Waals surface area contributed by atoms with Crippen LogP contribution in [0.4, 0.5) is 0 Å². The number of aromatic nitrogens is 1. The highest BCUT2D eigenvalue weighted by molar-refractivity contribution is 7.09. The number of carbonyl (C=O) groups is 1. The van der Waals surface area contributed by atoms with Crippen molar-refractivity contribution >= 4 is 17.2 Å². The normalized spacial score (nSPS) is 10.8. The highest BCUT2D eigenvalue weighted by Crippen LogP contribution is 2.19. The highest BCUT2D eigenvalue weighted by atomic mass is 32.1. The molecule has 0 bridgehead atoms. The zero-order valence-electron chi connectivity index (χ0n) is 17.0. The van der Waals surface area contributed by atoms with E-state index in [1.165, 1.54) is 16.9 Å². The number of ether oxygens (including phenoxy) is 2. The van der Waals surface area contributed by atoms with Gasteiger partial charge in [0.05, 0.1) is 18.2 Å². The van der Waals surface area contributed by atoms with Crippen molar-refractivity contribution in [2.45, 2.75) is 46.4 Å². The molecule has 0 aliphatic rings. The molecule has 0 fully saturated rings. The summed E-state index contributed by atoms with van der Waals surface area (Å²) in [5, 5.41) is 5.70. The molecule has 0 aliphatic heterocycles. The number of carbonyl (C=O) groups excluding carboxylic acids is 1. The molecule has 0 aliphatic carbocycles. The van der Waals surface area contributed by atoms with Gasteiger partial charge in [-0.1, -0.05) is 35.9 Å². The molecule has 1 heterocycles. The standard InChI is InChI=1S/C23H26N2O3S/c1-16(2)28-21-7-5-4-6-18(21)13-24-22(26)12-19-15-29-23(25-19)14-27-20-10-8-17(3)9-11-20/h4-11,15-16H,12-14H2,1-3H3,(H,24,26). The van der Waals surface area contributed by atoms with Gasteiger partial charge in [0.1, 0.15) is 23.1 Å². The minimum Gasteiger partial charge on any atom is -0.491 e. The van der Waals surface area contributed by atoms with Crippen molar-refractivity contribution in [1.82, 2.24) is 10.3 Å². The van der Waals surface area contributed by atoms with Gasteiger partial charge in [0.2, 0.25) is 5.91 Å². The van der Waals surface area contributed by atoms with Crippen molar-refractivity contribution in [1.29, 1.82) is 0 Å². The number of hydrogen-bond donors (Lipinski definition) is 1. The number of aryl methyl sites for hydroxylation is 1. The van der Waals surface area contributed by atoms with Gasteiger partial charge in [0, 0.05) is 17.5 Å². The van der Waals surface area contributed by atoms with Crippen LogP contribution < -0.4 is 14.8 Å². The lowest BCUT2D eigenvalue weighted by Crippen LogP contribution is -2.25. The van der Waals surface area contributed by atoms with Gasteiger partial charge >= 0.3 is 0 Å². The lowest BCUT2D eigenvalue weighted by Gasteiger charge is -2.14. The van der Waals surface area contributed by atoms with E-state index in [4.69, 9.17) is 9.47 Å². The Kier molecular flexibility index (Phi) is 7.25. The number of nitrogens with zero attached hydrogens (tertiary/aromatic N) is 1. The van der Waals surface area contributed by atoms with E-state index in [0.717, 1.165) is 27.8 Å². The molecule has 1 amide bonds. The van der Waals surface area contributed by atoms with Crippen LogP contribution in [-0.4, -0.2) is 17.0 Å². The van der Waals surface area contributed by atoms with Crippen molar-refractivity contribution in [2.24, 2.45) is 0 Å². The van der Waals surface area contributed by atoms with E-state index in [1.54, 1.807) is 0 Å². The lowest BCUT2D eigenvalue weighted by atomic mass is 10.2. The first kappa shape index (κ1) is 20.9. The second kappa shape index (κ2) is 10.1. The molecule has 1 aromatic heterocycles. The number of benzene rings is 2. The SMILES string of the molecule is Cc1ccc(OCc2nc(CC(=O)NCc3ccccc3OC(C)C)cs2)cc1. The van der Waals surface area contributed by atoms with E-state index in [1.807, 2.05) is 74.7 Å². The summed E-state index contributed by atoms with van der Waals surface area (Å²) in [6.07, 6.45) is 0.330. The molecular formula is C23H26N2O3S. The van der Waals surface area contributed by atoms with E-state index >= 15 is 0 Å². The number of thiazole rings is 1. The highest BCUT2D eigenvalue weighted by Gasteiger charge is 2.10. The predicted molar refractivity (Wildman–Crippen MR) is 115 cm³/mol. The first-order valence-electron chi connectivity index (χ1n) is 9.63. The first-order valence-corrected chi connectivity index (χ1v) is 10.5. The second-order valence-electron chi connectivity index (χ2n) is 7.06. The molecule has 5 nitrogen and oxygen atoms in total. The summed E-state index contributed by atoms with van der Waals surface area (Å²) < 4.78 is 11.5. The maximum absolute atomic E-state index is 12.3. The average Bonchev–Trinajstić information content (AvgIpc) is 3.14. The van der Waals surface area contributed by atoms with Gasteiger partial charge in [-0.15, -0.1) is 11.3 Å². The smallest absolute Gasteiger partial charge is 0.226 e. The predicted octanol–water partition coefficient (Wildman–Crippen LogP) is 4.68. The van der Waals surface area contributed by atoms with Gasteiger partial charge < -0.3 is 14.8 Å². The minimum atomic E-state index is -0.0688. The Morgan fingerprint density at radius 3 is 2.66 bits per heavy atom. The Bertz CT molecular complexity index is 935. The molecule has 0 saturated heterocycles. The molecule has 3 rings (SSSR count). The molecule has 2 aromatic carbocycles. The molecular weight excluding hydrogens is 384 g/mol. The quantitative estimate of drug-likeness (QED) is 0.557. The van der Waals surface area contributed by atoms with Crippen LogP contribution in [0.25, 0.3) is 0 Å². The van der Waals surface area contributed by atoms with Crippen LogP contribution in [0.2, 0.25) is 0 Å². The number of nitrogens with one attached hydrogen (secondary N) is 1. The molecule has 0 unspecified atom stereocenters. The topological polar surface area (TPSA) is 60.5 Å². The third-order valence-electron chi connectivity index (χ3n) is 4.14. The Morgan fingerprint density at radius 2 is 1.90 bits per heavy atom. The van der Waals surface area contributed by atoms with E-state index < -0.39 is 0 Å². The molecule has 0 saturated carbocycles. The van der Waals surface area contributed by atoms with E-state index in [2.05, 4.69) is 10.3 Å². The molecule has 0 atom stereocenters. The Hall–Kier alpha value is -2.86. The molecule has 1 N–H and O–H groups in total. The molecule has 152 valence electrons. The van der Waals surface area contributed by atoms with Gasteiger partial charge in [-0.05, 0) is 39.0 Å². The number of rotatable bonds is 9. The van der Waals surface area contributed by atoms with Crippen LogP contribution in [0.15, 0.2) is 53.9 Å². The average molecular weight is 411 g/mol.